The van der Waals surface area contributed by atoms with Gasteiger partial charge in [-0.15, -0.1) is 0 Å². The van der Waals surface area contributed by atoms with E-state index in [1.807, 2.05) is 0 Å². The van der Waals surface area contributed by atoms with E-state index >= 15 is 0 Å². The van der Waals surface area contributed by atoms with Gasteiger partial charge in [0.05, 0.1) is 45.2 Å². The van der Waals surface area contributed by atoms with Gasteiger partial charge in [-0.1, -0.05) is 39.3 Å². The van der Waals surface area contributed by atoms with E-state index in [0.29, 0.717) is 24.2 Å². The second-order valence-corrected chi connectivity index (χ2v) is 22.6. The number of allylic oxidation sites excluding steroid dienone is 1. The van der Waals surface area contributed by atoms with Gasteiger partial charge in [-0.25, -0.2) is 0 Å². The number of aliphatic hydroxyl groups excluding tert-OH is 11. The largest absolute Gasteiger partial charge is 0.510 e. The molecule has 22 nitrogen and oxygen atoms in total. The summed E-state index contributed by atoms with van der Waals surface area (Å²) in [5.41, 5.74) is 1.31. The van der Waals surface area contributed by atoms with Crippen molar-refractivity contribution in [2.45, 2.75) is 202 Å². The Morgan fingerprint density at radius 3 is 1.86 bits per heavy atom. The Hall–Kier alpha value is -1.98. The molecule has 0 aromatic rings. The van der Waals surface area contributed by atoms with E-state index in [-0.39, 0.29) is 46.9 Å². The van der Waals surface area contributed by atoms with E-state index in [1.54, 1.807) is 0 Å². The summed E-state index contributed by atoms with van der Waals surface area (Å²) in [6.07, 6.45) is -13.1. The minimum atomic E-state index is -1.88. The van der Waals surface area contributed by atoms with Crippen molar-refractivity contribution in [3.8, 4) is 0 Å². The van der Waals surface area contributed by atoms with E-state index in [1.165, 1.54) is 11.6 Å². The smallest absolute Gasteiger partial charge is 0.187 e. The van der Waals surface area contributed by atoms with Crippen LogP contribution < -0.4 is 0 Å². The van der Waals surface area contributed by atoms with Crippen LogP contribution in [0, 0.1) is 40.4 Å². The molecule has 0 aromatic heterocycles. The van der Waals surface area contributed by atoms with E-state index in [4.69, 9.17) is 52.1 Å². The van der Waals surface area contributed by atoms with Gasteiger partial charge in [0.1, 0.15) is 84.8 Å². The maximum atomic E-state index is 11.3. The monoisotopic (exact) mass is 1030 g/mol. The second-order valence-electron chi connectivity index (χ2n) is 22.6. The summed E-state index contributed by atoms with van der Waals surface area (Å²) < 4.78 is 67.1. The summed E-state index contributed by atoms with van der Waals surface area (Å²) >= 11 is 0. The van der Waals surface area contributed by atoms with E-state index in [2.05, 4.69) is 33.8 Å². The highest BCUT2D eigenvalue weighted by Crippen LogP contribution is 2.68. The number of hydrogen-bond donors (Lipinski definition) is 11. The average molecular weight is 1030 g/mol. The van der Waals surface area contributed by atoms with Gasteiger partial charge in [-0.05, 0) is 68.1 Å². The molecule has 13 unspecified atom stereocenters. The van der Waals surface area contributed by atoms with Gasteiger partial charge in [-0.2, -0.15) is 0 Å². The number of aliphatic hydroxyl groups is 11. The molecule has 1 spiro atoms. The minimum Gasteiger partial charge on any atom is -0.510 e. The van der Waals surface area contributed by atoms with E-state index in [0.717, 1.165) is 57.6 Å². The van der Waals surface area contributed by atoms with Crippen LogP contribution in [0.1, 0.15) is 79.1 Å². The molecule has 0 amide bonds. The summed E-state index contributed by atoms with van der Waals surface area (Å²) in [6.45, 7) is 7.10. The summed E-state index contributed by atoms with van der Waals surface area (Å²) in [4.78, 5) is 0. The molecule has 72 heavy (non-hydrogen) atoms. The SMILES string of the molecule is C[C@@H]1CC[C@@]2(OC1)OC1OC3C4CC=C5C[C@@H](O[C@H]6C=C(O)[C@H](O[C@H]7OC(CO)[C@@H](O[C@H]8C=C(O)[C@H](O[C@H]9OC(CO)[C@@H](O)C(O)C9O)C(CO)O8)C(O)C7O)C(CO)O6)CC[C@]5(C)C4CC[C@]3(C)C1[C@@H]2C. The van der Waals surface area contributed by atoms with E-state index in [9.17, 15) is 56.2 Å². The first-order valence-corrected chi connectivity index (χ1v) is 25.9. The molecule has 7 fully saturated rings. The molecule has 7 heterocycles. The third-order valence-electron chi connectivity index (χ3n) is 18.4. The van der Waals surface area contributed by atoms with Gasteiger partial charge in [0.2, 0.25) is 0 Å². The molecule has 0 aromatic carbocycles. The molecular formula is C50H76O22. The lowest BCUT2D eigenvalue weighted by atomic mass is 9.48. The first-order chi connectivity index (χ1) is 34.4. The van der Waals surface area contributed by atoms with Crippen molar-refractivity contribution < 1.29 is 108 Å². The van der Waals surface area contributed by atoms with Gasteiger partial charge in [0.15, 0.2) is 37.2 Å². The zero-order valence-electron chi connectivity index (χ0n) is 41.2. The van der Waals surface area contributed by atoms with Crippen LogP contribution in [0.15, 0.2) is 35.3 Å². The Morgan fingerprint density at radius 2 is 1.25 bits per heavy atom. The number of ether oxygens (including phenoxy) is 11. The zero-order valence-corrected chi connectivity index (χ0v) is 41.2. The van der Waals surface area contributed by atoms with Gasteiger partial charge in [0, 0.05) is 35.8 Å². The predicted molar refractivity (Wildman–Crippen MR) is 242 cm³/mol. The lowest BCUT2D eigenvalue weighted by Crippen LogP contribution is -2.62. The molecule has 10 aliphatic rings. The lowest BCUT2D eigenvalue weighted by Gasteiger charge is -2.57. The Kier molecular flexibility index (Phi) is 15.4. The first-order valence-electron chi connectivity index (χ1n) is 25.9. The normalized spacial score (nSPS) is 53.4. The van der Waals surface area contributed by atoms with Crippen LogP contribution in [0.3, 0.4) is 0 Å². The Morgan fingerprint density at radius 1 is 0.639 bits per heavy atom. The number of hydrogen-bond acceptors (Lipinski definition) is 22. The summed E-state index contributed by atoms with van der Waals surface area (Å²) in [7, 11) is 0. The van der Waals surface area contributed by atoms with Crippen molar-refractivity contribution in [2.75, 3.05) is 33.0 Å². The van der Waals surface area contributed by atoms with Crippen LogP contribution in [-0.2, 0) is 52.1 Å². The Labute approximate surface area is 417 Å². The molecule has 408 valence electrons. The molecule has 0 bridgehead atoms. The fourth-order valence-corrected chi connectivity index (χ4v) is 14.2. The van der Waals surface area contributed by atoms with Crippen molar-refractivity contribution in [3.05, 3.63) is 35.3 Å². The molecular weight excluding hydrogens is 953 g/mol. The quantitative estimate of drug-likeness (QED) is 0.113. The topological polar surface area (TPSA) is 324 Å². The second kappa shape index (κ2) is 20.8. The number of fused-ring (bicyclic) bond motifs is 7. The predicted octanol–water partition coefficient (Wildman–Crippen LogP) is -0.213. The first kappa shape index (κ1) is 53.4. The highest BCUT2D eigenvalue weighted by Gasteiger charge is 2.70. The van der Waals surface area contributed by atoms with Crippen molar-refractivity contribution in [2.24, 2.45) is 40.4 Å². The van der Waals surface area contributed by atoms with Crippen molar-refractivity contribution in [3.63, 3.8) is 0 Å². The van der Waals surface area contributed by atoms with Crippen LogP contribution in [-0.4, -0.2) is 212 Å². The Bertz CT molecular complexity index is 1990. The highest BCUT2D eigenvalue weighted by molar-refractivity contribution is 5.27. The molecule has 2 saturated carbocycles. The average Bonchev–Trinajstić information content (AvgIpc) is 3.81. The molecule has 5 saturated heterocycles. The van der Waals surface area contributed by atoms with E-state index < -0.39 is 136 Å². The summed E-state index contributed by atoms with van der Waals surface area (Å²) in [6, 6.07) is 0. The van der Waals surface area contributed by atoms with Crippen LogP contribution >= 0.6 is 0 Å². The van der Waals surface area contributed by atoms with Gasteiger partial charge in [-0.3, -0.25) is 0 Å². The van der Waals surface area contributed by atoms with Crippen LogP contribution in [0.5, 0.6) is 0 Å². The van der Waals surface area contributed by atoms with Crippen molar-refractivity contribution in [1.29, 1.82) is 0 Å². The summed E-state index contributed by atoms with van der Waals surface area (Å²) in [5, 5.41) is 116. The van der Waals surface area contributed by atoms with Crippen molar-refractivity contribution in [1.82, 2.24) is 0 Å². The molecule has 0 radical (unpaired) electrons. The number of rotatable bonds is 12. The fraction of sp³-hybridized carbons (Fsp3) is 0.880. The van der Waals surface area contributed by atoms with Crippen molar-refractivity contribution >= 4 is 0 Å². The maximum absolute atomic E-state index is 11.3. The van der Waals surface area contributed by atoms with Gasteiger partial charge >= 0.3 is 0 Å². The Balaban J connectivity index is 0.742. The third kappa shape index (κ3) is 9.22. The maximum Gasteiger partial charge on any atom is 0.187 e. The lowest BCUT2D eigenvalue weighted by molar-refractivity contribution is -0.348. The van der Waals surface area contributed by atoms with Crippen LogP contribution in [0.25, 0.3) is 0 Å². The zero-order chi connectivity index (χ0) is 51.2. The molecule has 3 aliphatic carbocycles. The standard InChI is InChI=1S/C50H76O22/c1-21-7-12-50(62-20-21)22(2)35-45(72-50)71-44-25-6-5-23-13-24(8-10-48(23,3)26(25)9-11-49(35,44)4)63-33-14-27(55)41(30(17-52)64-33)70-47-40(61)38(59)43(32(19-54)67-47)68-34-15-28(56)42(31(18-53)65-34)69-46-39(60)37(58)36(57)29(16-51)66-46/h5,14-15,21-22,24-26,29-47,51-61H,6-13,16-20H2,1-4H3/t21-,22+,24+,25?,26?,29?,30?,31?,32?,33-,34+,35?,36-,37?,38?,39?,40?,41+,42+,43-,44?,45?,46-,47-,48+,49-,50-/m1/s1. The third-order valence-corrected chi connectivity index (χ3v) is 18.4. The molecule has 7 aliphatic heterocycles. The summed E-state index contributed by atoms with van der Waals surface area (Å²) in [5.74, 6) is 0.332. The fourth-order valence-electron chi connectivity index (χ4n) is 14.2. The highest BCUT2D eigenvalue weighted by atomic mass is 16.8. The van der Waals surface area contributed by atoms with Crippen LogP contribution in [0.2, 0.25) is 0 Å². The molecule has 11 N–H and O–H groups in total. The van der Waals surface area contributed by atoms with Gasteiger partial charge in [0.25, 0.3) is 0 Å². The molecule has 22 heteroatoms. The van der Waals surface area contributed by atoms with Gasteiger partial charge < -0.3 is 108 Å². The molecule has 27 atom stereocenters. The minimum absolute atomic E-state index is 0.00588. The molecule has 10 rings (SSSR count). The van der Waals surface area contributed by atoms with Crippen LogP contribution in [0.4, 0.5) is 0 Å².